The Labute approximate surface area is 110 Å². The van der Waals surface area contributed by atoms with Crippen molar-refractivity contribution < 1.29 is 0 Å². The van der Waals surface area contributed by atoms with E-state index in [4.69, 9.17) is 10.8 Å². The van der Waals surface area contributed by atoms with Gasteiger partial charge in [-0.15, -0.1) is 0 Å². The molecule has 2 heterocycles. The number of rotatable bonds is 2. The van der Waals surface area contributed by atoms with Crippen LogP contribution in [0.1, 0.15) is 49.8 Å². The molecule has 1 aliphatic carbocycles. The number of hydrogen-bond donors (Lipinski definition) is 2. The molecular weight excluding hydrogens is 280 g/mol. The summed E-state index contributed by atoms with van der Waals surface area (Å²) in [5.41, 5.74) is 7.07. The van der Waals surface area contributed by atoms with Crippen molar-refractivity contribution >= 4 is 21.7 Å². The highest BCUT2D eigenvalue weighted by atomic mass is 79.9. The summed E-state index contributed by atoms with van der Waals surface area (Å²) in [6.07, 6.45) is 6.31. The molecule has 0 spiro atoms. The van der Waals surface area contributed by atoms with E-state index in [0.29, 0.717) is 18.5 Å². The van der Waals surface area contributed by atoms with Gasteiger partial charge in [-0.2, -0.15) is 5.10 Å². The molecular formula is C12H19BrN4. The number of nitrogens with zero attached hydrogens (tertiary/aromatic N) is 2. The predicted molar refractivity (Wildman–Crippen MR) is 72.3 cm³/mol. The molecule has 1 saturated carbocycles. The van der Waals surface area contributed by atoms with Gasteiger partial charge in [-0.05, 0) is 35.2 Å². The first-order valence-electron chi connectivity index (χ1n) is 6.53. The van der Waals surface area contributed by atoms with Crippen LogP contribution in [-0.4, -0.2) is 22.9 Å². The molecule has 2 aliphatic rings. The third-order valence-corrected chi connectivity index (χ3v) is 4.79. The maximum atomic E-state index is 5.83. The van der Waals surface area contributed by atoms with E-state index >= 15 is 0 Å². The van der Waals surface area contributed by atoms with Gasteiger partial charge in [0.1, 0.15) is 5.82 Å². The number of nitrogens with one attached hydrogen (secondary N) is 1. The van der Waals surface area contributed by atoms with Crippen LogP contribution >= 0.6 is 15.9 Å². The minimum Gasteiger partial charge on any atom is -0.369 e. The van der Waals surface area contributed by atoms with Crippen LogP contribution in [0.4, 0.5) is 5.82 Å². The van der Waals surface area contributed by atoms with Gasteiger partial charge in [0.05, 0.1) is 16.2 Å². The van der Waals surface area contributed by atoms with Gasteiger partial charge in [0, 0.05) is 19.0 Å². The van der Waals surface area contributed by atoms with Gasteiger partial charge < -0.3 is 11.1 Å². The molecule has 4 nitrogen and oxygen atoms in total. The van der Waals surface area contributed by atoms with Crippen molar-refractivity contribution in [3.8, 4) is 0 Å². The number of anilines is 1. The van der Waals surface area contributed by atoms with Crippen molar-refractivity contribution in [2.45, 2.75) is 44.1 Å². The maximum absolute atomic E-state index is 5.83. The van der Waals surface area contributed by atoms with E-state index in [-0.39, 0.29) is 0 Å². The van der Waals surface area contributed by atoms with Crippen LogP contribution in [0.25, 0.3) is 0 Å². The topological polar surface area (TPSA) is 55.9 Å². The molecule has 94 valence electrons. The third kappa shape index (κ3) is 1.89. The number of halogens is 1. The monoisotopic (exact) mass is 298 g/mol. The van der Waals surface area contributed by atoms with Crippen LogP contribution in [0.2, 0.25) is 0 Å². The van der Waals surface area contributed by atoms with Crippen LogP contribution in [0.5, 0.6) is 0 Å². The Morgan fingerprint density at radius 2 is 2.12 bits per heavy atom. The molecule has 0 amide bonds. The van der Waals surface area contributed by atoms with Crippen molar-refractivity contribution in [2.24, 2.45) is 5.73 Å². The highest BCUT2D eigenvalue weighted by molar-refractivity contribution is 9.10. The Bertz CT molecular complexity index is 409. The first kappa shape index (κ1) is 11.5. The fourth-order valence-electron chi connectivity index (χ4n) is 3.01. The first-order chi connectivity index (χ1) is 8.31. The van der Waals surface area contributed by atoms with E-state index < -0.39 is 0 Å². The number of aromatic nitrogens is 2. The summed E-state index contributed by atoms with van der Waals surface area (Å²) in [7, 11) is 0. The van der Waals surface area contributed by atoms with Crippen LogP contribution in [-0.2, 0) is 0 Å². The zero-order valence-corrected chi connectivity index (χ0v) is 11.5. The van der Waals surface area contributed by atoms with Gasteiger partial charge in [0.2, 0.25) is 0 Å². The molecule has 0 radical (unpaired) electrons. The zero-order chi connectivity index (χ0) is 11.8. The second-order valence-corrected chi connectivity index (χ2v) is 5.87. The van der Waals surface area contributed by atoms with Crippen molar-refractivity contribution in [3.63, 3.8) is 0 Å². The summed E-state index contributed by atoms with van der Waals surface area (Å²) in [4.78, 5) is 0. The van der Waals surface area contributed by atoms with E-state index in [1.165, 1.54) is 35.8 Å². The summed E-state index contributed by atoms with van der Waals surface area (Å²) in [6.45, 7) is 1.67. The summed E-state index contributed by atoms with van der Waals surface area (Å²) >= 11 is 3.72. The number of nitrogens with two attached hydrogens (primary N) is 1. The van der Waals surface area contributed by atoms with Crippen molar-refractivity contribution in [1.29, 1.82) is 0 Å². The average molecular weight is 299 g/mol. The maximum Gasteiger partial charge on any atom is 0.139 e. The molecule has 1 aliphatic heterocycles. The summed E-state index contributed by atoms with van der Waals surface area (Å²) < 4.78 is 3.27. The van der Waals surface area contributed by atoms with E-state index in [1.807, 2.05) is 0 Å². The molecule has 1 atom stereocenters. The van der Waals surface area contributed by atoms with E-state index in [0.717, 1.165) is 18.8 Å². The molecule has 3 rings (SSSR count). The van der Waals surface area contributed by atoms with Crippen molar-refractivity contribution in [2.75, 3.05) is 18.4 Å². The first-order valence-corrected chi connectivity index (χ1v) is 7.32. The SMILES string of the molecule is NCC1CCNc2c(Br)c(C3CCCC3)nn21. The molecule has 1 aromatic heterocycles. The fraction of sp³-hybridized carbons (Fsp3) is 0.750. The van der Waals surface area contributed by atoms with Gasteiger partial charge >= 0.3 is 0 Å². The molecule has 1 unspecified atom stereocenters. The highest BCUT2D eigenvalue weighted by Gasteiger charge is 2.29. The van der Waals surface area contributed by atoms with E-state index in [1.54, 1.807) is 0 Å². The molecule has 0 saturated heterocycles. The van der Waals surface area contributed by atoms with Gasteiger partial charge in [0.15, 0.2) is 0 Å². The Hall–Kier alpha value is -0.550. The number of hydrogen-bond acceptors (Lipinski definition) is 3. The molecule has 5 heteroatoms. The minimum atomic E-state index is 0.359. The Balaban J connectivity index is 1.98. The van der Waals surface area contributed by atoms with Crippen LogP contribution < -0.4 is 11.1 Å². The Morgan fingerprint density at radius 1 is 1.35 bits per heavy atom. The summed E-state index contributed by atoms with van der Waals surface area (Å²) in [6, 6.07) is 0.359. The minimum absolute atomic E-state index is 0.359. The van der Waals surface area contributed by atoms with Crippen LogP contribution in [0.3, 0.4) is 0 Å². The molecule has 0 bridgehead atoms. The lowest BCUT2D eigenvalue weighted by Gasteiger charge is -2.24. The van der Waals surface area contributed by atoms with E-state index in [2.05, 4.69) is 25.9 Å². The van der Waals surface area contributed by atoms with Crippen LogP contribution in [0, 0.1) is 0 Å². The largest absolute Gasteiger partial charge is 0.369 e. The molecule has 0 aromatic carbocycles. The highest BCUT2D eigenvalue weighted by Crippen LogP contribution is 2.41. The smallest absolute Gasteiger partial charge is 0.139 e. The quantitative estimate of drug-likeness (QED) is 0.882. The standard InChI is InChI=1S/C12H19BrN4/c13-10-11(8-3-1-2-4-8)16-17-9(7-14)5-6-15-12(10)17/h8-9,15H,1-7,14H2. The molecule has 3 N–H and O–H groups in total. The molecule has 1 fully saturated rings. The fourth-order valence-corrected chi connectivity index (χ4v) is 3.74. The predicted octanol–water partition coefficient (Wildman–Crippen LogP) is 2.62. The second kappa shape index (κ2) is 4.61. The Kier molecular flexibility index (Phi) is 3.13. The van der Waals surface area contributed by atoms with Crippen molar-refractivity contribution in [1.82, 2.24) is 9.78 Å². The lowest BCUT2D eigenvalue weighted by molar-refractivity contribution is 0.422. The van der Waals surface area contributed by atoms with Gasteiger partial charge in [-0.1, -0.05) is 12.8 Å². The van der Waals surface area contributed by atoms with Gasteiger partial charge in [0.25, 0.3) is 0 Å². The number of fused-ring (bicyclic) bond motifs is 1. The lowest BCUT2D eigenvalue weighted by Crippen LogP contribution is -2.28. The van der Waals surface area contributed by atoms with Gasteiger partial charge in [-0.25, -0.2) is 4.68 Å². The lowest BCUT2D eigenvalue weighted by atomic mass is 10.0. The summed E-state index contributed by atoms with van der Waals surface area (Å²) in [5.74, 6) is 1.77. The third-order valence-electron chi connectivity index (χ3n) is 4.01. The van der Waals surface area contributed by atoms with Crippen molar-refractivity contribution in [3.05, 3.63) is 10.2 Å². The summed E-state index contributed by atoms with van der Waals surface area (Å²) in [5, 5.41) is 8.25. The van der Waals surface area contributed by atoms with Crippen LogP contribution in [0.15, 0.2) is 4.47 Å². The molecule has 17 heavy (non-hydrogen) atoms. The second-order valence-electron chi connectivity index (χ2n) is 5.08. The normalized spacial score (nSPS) is 24.7. The van der Waals surface area contributed by atoms with E-state index in [9.17, 15) is 0 Å². The van der Waals surface area contributed by atoms with Gasteiger partial charge in [-0.3, -0.25) is 0 Å². The molecule has 1 aromatic rings. The average Bonchev–Trinajstić information content (AvgIpc) is 2.97. The Morgan fingerprint density at radius 3 is 2.82 bits per heavy atom. The zero-order valence-electron chi connectivity index (χ0n) is 9.95.